The lowest BCUT2D eigenvalue weighted by molar-refractivity contribution is -0.138. The van der Waals surface area contributed by atoms with Gasteiger partial charge in [0.1, 0.15) is 0 Å². The third-order valence-electron chi connectivity index (χ3n) is 3.47. The summed E-state index contributed by atoms with van der Waals surface area (Å²) in [4.78, 5) is 0. The Morgan fingerprint density at radius 3 is 2.41 bits per heavy atom. The van der Waals surface area contributed by atoms with Gasteiger partial charge < -0.3 is 5.73 Å². The highest BCUT2D eigenvalue weighted by Crippen LogP contribution is 2.41. The fourth-order valence-corrected chi connectivity index (χ4v) is 3.14. The highest BCUT2D eigenvalue weighted by atomic mass is 35.5. The standard InChI is InChI=1S/C15H13Cl3F3N/c16-12-6-10(7-13(17)14(12)18)8-1-2-11(15(19,20)21)9(5-8)3-4-22/h1-2,5-6,10H,3-4,7,22H2. The van der Waals surface area contributed by atoms with Gasteiger partial charge in [-0.25, -0.2) is 0 Å². The molecule has 0 saturated carbocycles. The first-order chi connectivity index (χ1) is 10.2. The zero-order valence-electron chi connectivity index (χ0n) is 11.4. The van der Waals surface area contributed by atoms with Gasteiger partial charge >= 0.3 is 6.18 Å². The summed E-state index contributed by atoms with van der Waals surface area (Å²) < 4.78 is 39.0. The van der Waals surface area contributed by atoms with Crippen LogP contribution in [0.5, 0.6) is 0 Å². The Morgan fingerprint density at radius 2 is 1.86 bits per heavy atom. The Balaban J connectivity index is 2.40. The first-order valence-corrected chi connectivity index (χ1v) is 7.69. The van der Waals surface area contributed by atoms with Crippen molar-refractivity contribution in [1.82, 2.24) is 0 Å². The van der Waals surface area contributed by atoms with Crippen LogP contribution in [0, 0.1) is 0 Å². The van der Waals surface area contributed by atoms with E-state index in [2.05, 4.69) is 0 Å². The number of hydrogen-bond donors (Lipinski definition) is 1. The van der Waals surface area contributed by atoms with Crippen LogP contribution >= 0.6 is 34.8 Å². The smallest absolute Gasteiger partial charge is 0.330 e. The molecule has 1 atom stereocenters. The van der Waals surface area contributed by atoms with Crippen molar-refractivity contribution < 1.29 is 13.2 Å². The van der Waals surface area contributed by atoms with E-state index < -0.39 is 11.7 Å². The predicted octanol–water partition coefficient (Wildman–Crippen LogP) is 5.51. The highest BCUT2D eigenvalue weighted by molar-refractivity contribution is 6.48. The third kappa shape index (κ3) is 3.80. The molecule has 120 valence electrons. The van der Waals surface area contributed by atoms with Crippen molar-refractivity contribution in [3.8, 4) is 0 Å². The molecule has 0 bridgehead atoms. The van der Waals surface area contributed by atoms with Crippen molar-refractivity contribution in [2.75, 3.05) is 6.54 Å². The lowest BCUT2D eigenvalue weighted by atomic mass is 9.89. The van der Waals surface area contributed by atoms with Gasteiger partial charge in [-0.05, 0) is 36.6 Å². The highest BCUT2D eigenvalue weighted by Gasteiger charge is 2.33. The molecule has 0 fully saturated rings. The molecule has 1 aromatic carbocycles. The van der Waals surface area contributed by atoms with Crippen LogP contribution in [0.15, 0.2) is 39.4 Å². The summed E-state index contributed by atoms with van der Waals surface area (Å²) in [5, 5.41) is 0.997. The quantitative estimate of drug-likeness (QED) is 0.746. The molecule has 2 N–H and O–H groups in total. The van der Waals surface area contributed by atoms with Gasteiger partial charge in [0.2, 0.25) is 0 Å². The van der Waals surface area contributed by atoms with E-state index in [0.717, 1.165) is 6.07 Å². The Kier molecular flexibility index (Phi) is 5.49. The number of allylic oxidation sites excluding steroid dienone is 4. The molecular weight excluding hydrogens is 358 g/mol. The fourth-order valence-electron chi connectivity index (χ4n) is 2.42. The Bertz CT molecular complexity index is 635. The monoisotopic (exact) mass is 369 g/mol. The van der Waals surface area contributed by atoms with E-state index in [9.17, 15) is 13.2 Å². The normalized spacial score (nSPS) is 19.4. The van der Waals surface area contributed by atoms with Crippen LogP contribution in [-0.4, -0.2) is 6.54 Å². The lowest BCUT2D eigenvalue weighted by Gasteiger charge is -2.21. The van der Waals surface area contributed by atoms with Crippen LogP contribution in [0.1, 0.15) is 29.0 Å². The van der Waals surface area contributed by atoms with Crippen molar-refractivity contribution in [1.29, 1.82) is 0 Å². The summed E-state index contributed by atoms with van der Waals surface area (Å²) in [6.45, 7) is 0.139. The Morgan fingerprint density at radius 1 is 1.18 bits per heavy atom. The molecule has 1 aliphatic carbocycles. The van der Waals surface area contributed by atoms with Gasteiger partial charge in [-0.3, -0.25) is 0 Å². The zero-order valence-corrected chi connectivity index (χ0v) is 13.6. The molecule has 1 aromatic rings. The van der Waals surface area contributed by atoms with Gasteiger partial charge in [-0.2, -0.15) is 13.2 Å². The summed E-state index contributed by atoms with van der Waals surface area (Å²) in [5.74, 6) is -0.207. The molecule has 2 rings (SSSR count). The summed E-state index contributed by atoms with van der Waals surface area (Å²) in [5.41, 5.74) is 5.64. The van der Waals surface area contributed by atoms with Crippen molar-refractivity contribution in [3.63, 3.8) is 0 Å². The molecule has 0 amide bonds. The van der Waals surface area contributed by atoms with E-state index >= 15 is 0 Å². The van der Waals surface area contributed by atoms with Crippen LogP contribution < -0.4 is 5.73 Å². The van der Waals surface area contributed by atoms with E-state index in [-0.39, 0.29) is 29.5 Å². The second kappa shape index (κ2) is 6.83. The summed E-state index contributed by atoms with van der Waals surface area (Å²) in [6.07, 6.45) is -2.14. The molecule has 0 saturated heterocycles. The summed E-state index contributed by atoms with van der Waals surface area (Å²) in [6, 6.07) is 4.04. The molecule has 22 heavy (non-hydrogen) atoms. The lowest BCUT2D eigenvalue weighted by Crippen LogP contribution is -2.14. The minimum Gasteiger partial charge on any atom is -0.330 e. The van der Waals surface area contributed by atoms with Crippen LogP contribution in [0.25, 0.3) is 0 Å². The molecule has 0 radical (unpaired) electrons. The Labute approximate surface area is 141 Å². The van der Waals surface area contributed by atoms with Crippen molar-refractivity contribution >= 4 is 34.8 Å². The van der Waals surface area contributed by atoms with Crippen LogP contribution in [0.3, 0.4) is 0 Å². The minimum atomic E-state index is -4.40. The number of alkyl halides is 3. The molecule has 7 heteroatoms. The largest absolute Gasteiger partial charge is 0.416 e. The van der Waals surface area contributed by atoms with Crippen molar-refractivity contribution in [2.24, 2.45) is 5.73 Å². The van der Waals surface area contributed by atoms with Gasteiger partial charge in [0.15, 0.2) is 0 Å². The minimum absolute atomic E-state index is 0.139. The molecule has 0 heterocycles. The van der Waals surface area contributed by atoms with Gasteiger partial charge in [0.25, 0.3) is 0 Å². The second-order valence-corrected chi connectivity index (χ2v) is 6.24. The first-order valence-electron chi connectivity index (χ1n) is 6.56. The fraction of sp³-hybridized carbons (Fsp3) is 0.333. The molecule has 1 unspecified atom stereocenters. The summed E-state index contributed by atoms with van der Waals surface area (Å²) >= 11 is 18.0. The van der Waals surface area contributed by atoms with Gasteiger partial charge in [0, 0.05) is 11.0 Å². The number of rotatable bonds is 3. The molecule has 0 aromatic heterocycles. The van der Waals surface area contributed by atoms with Crippen molar-refractivity contribution in [3.05, 3.63) is 56.1 Å². The first kappa shape index (κ1) is 17.7. The van der Waals surface area contributed by atoms with E-state index in [1.165, 1.54) is 12.1 Å². The van der Waals surface area contributed by atoms with E-state index in [4.69, 9.17) is 40.5 Å². The number of hydrogen-bond acceptors (Lipinski definition) is 1. The van der Waals surface area contributed by atoms with Crippen LogP contribution in [-0.2, 0) is 12.6 Å². The maximum Gasteiger partial charge on any atom is 0.416 e. The molecular formula is C15H13Cl3F3N. The molecule has 0 aliphatic heterocycles. The Hall–Kier alpha value is -0.680. The summed E-state index contributed by atoms with van der Waals surface area (Å²) in [7, 11) is 0. The SMILES string of the molecule is NCCc1cc(C2C=C(Cl)C(Cl)=C(Cl)C2)ccc1C(F)(F)F. The number of halogens is 6. The maximum atomic E-state index is 13.0. The molecule has 1 nitrogen and oxygen atoms in total. The number of nitrogens with two attached hydrogens (primary N) is 1. The molecule has 1 aliphatic rings. The van der Waals surface area contributed by atoms with E-state index in [1.807, 2.05) is 0 Å². The van der Waals surface area contributed by atoms with E-state index in [0.29, 0.717) is 22.0 Å². The van der Waals surface area contributed by atoms with Crippen LogP contribution in [0.4, 0.5) is 13.2 Å². The van der Waals surface area contributed by atoms with E-state index in [1.54, 1.807) is 6.08 Å². The average molecular weight is 371 g/mol. The second-order valence-electron chi connectivity index (χ2n) is 5.00. The van der Waals surface area contributed by atoms with Crippen LogP contribution in [0.2, 0.25) is 0 Å². The van der Waals surface area contributed by atoms with Gasteiger partial charge in [0.05, 0.1) is 15.6 Å². The third-order valence-corrected chi connectivity index (χ3v) is 4.75. The molecule has 0 spiro atoms. The number of benzene rings is 1. The topological polar surface area (TPSA) is 26.0 Å². The van der Waals surface area contributed by atoms with Gasteiger partial charge in [-0.1, -0.05) is 53.0 Å². The predicted molar refractivity (Wildman–Crippen MR) is 84.2 cm³/mol. The van der Waals surface area contributed by atoms with Gasteiger partial charge in [-0.15, -0.1) is 0 Å². The zero-order chi connectivity index (χ0) is 16.5. The maximum absolute atomic E-state index is 13.0. The van der Waals surface area contributed by atoms with Crippen molar-refractivity contribution in [2.45, 2.75) is 24.9 Å². The average Bonchev–Trinajstić information content (AvgIpc) is 2.43.